The Hall–Kier alpha value is -1.78. The summed E-state index contributed by atoms with van der Waals surface area (Å²) in [6, 6.07) is 3.15. The Labute approximate surface area is 117 Å². The van der Waals surface area contributed by atoms with Crippen LogP contribution < -0.4 is 0 Å². The fraction of sp³-hybridized carbons (Fsp3) is 0.300. The third-order valence-corrected chi connectivity index (χ3v) is 4.95. The number of rotatable bonds is 5. The van der Waals surface area contributed by atoms with Crippen LogP contribution >= 0.6 is 11.3 Å². The first-order valence-corrected chi connectivity index (χ1v) is 7.78. The van der Waals surface area contributed by atoms with Crippen LogP contribution in [0.3, 0.4) is 0 Å². The standard InChI is InChI=1S/C10H10N2O6S2/c1-6-10(12(13)14)7(18-11-6)5-9(20(15,16)17)8-3-2-4-19-8/h2-4,9H,5H2,1H3,(H,15,16,17). The van der Waals surface area contributed by atoms with Crippen LogP contribution in [0, 0.1) is 17.0 Å². The molecule has 0 radical (unpaired) electrons. The number of aryl methyl sites for hydroxylation is 1. The molecule has 8 nitrogen and oxygen atoms in total. The van der Waals surface area contributed by atoms with Crippen LogP contribution in [0.2, 0.25) is 0 Å². The molecule has 0 aliphatic heterocycles. The molecule has 0 aliphatic rings. The molecule has 0 bridgehead atoms. The molecular weight excluding hydrogens is 308 g/mol. The van der Waals surface area contributed by atoms with Crippen molar-refractivity contribution in [1.29, 1.82) is 0 Å². The summed E-state index contributed by atoms with van der Waals surface area (Å²) in [5, 5.41) is 14.7. The molecule has 0 aromatic carbocycles. The Kier molecular flexibility index (Phi) is 3.88. The Morgan fingerprint density at radius 1 is 1.60 bits per heavy atom. The first-order valence-electron chi connectivity index (χ1n) is 5.40. The highest BCUT2D eigenvalue weighted by Gasteiger charge is 2.33. The third kappa shape index (κ3) is 2.86. The molecule has 1 atom stereocenters. The Morgan fingerprint density at radius 2 is 2.30 bits per heavy atom. The van der Waals surface area contributed by atoms with Crippen LogP contribution in [0.15, 0.2) is 22.0 Å². The fourth-order valence-electron chi connectivity index (χ4n) is 1.78. The number of hydrogen-bond acceptors (Lipinski definition) is 7. The smallest absolute Gasteiger partial charge is 0.334 e. The molecule has 1 unspecified atom stereocenters. The van der Waals surface area contributed by atoms with Crippen LogP contribution in [0.5, 0.6) is 0 Å². The molecule has 108 valence electrons. The highest BCUT2D eigenvalue weighted by Crippen LogP contribution is 2.33. The zero-order valence-corrected chi connectivity index (χ0v) is 11.8. The van der Waals surface area contributed by atoms with Crippen LogP contribution in [0.4, 0.5) is 5.69 Å². The lowest BCUT2D eigenvalue weighted by Crippen LogP contribution is -2.14. The number of aromatic nitrogens is 1. The summed E-state index contributed by atoms with van der Waals surface area (Å²) in [6.07, 6.45) is -0.351. The minimum Gasteiger partial charge on any atom is -0.354 e. The van der Waals surface area contributed by atoms with Gasteiger partial charge in [-0.25, -0.2) is 0 Å². The van der Waals surface area contributed by atoms with Crippen molar-refractivity contribution in [3.63, 3.8) is 0 Å². The topological polar surface area (TPSA) is 124 Å². The molecule has 2 aromatic heterocycles. The van der Waals surface area contributed by atoms with Gasteiger partial charge < -0.3 is 4.52 Å². The van der Waals surface area contributed by atoms with E-state index in [2.05, 4.69) is 5.16 Å². The van der Waals surface area contributed by atoms with E-state index in [0.717, 1.165) is 11.3 Å². The van der Waals surface area contributed by atoms with Crippen molar-refractivity contribution < 1.29 is 22.4 Å². The van der Waals surface area contributed by atoms with Gasteiger partial charge in [0.1, 0.15) is 5.25 Å². The van der Waals surface area contributed by atoms with Crippen molar-refractivity contribution in [3.8, 4) is 0 Å². The second kappa shape index (κ2) is 5.31. The summed E-state index contributed by atoms with van der Waals surface area (Å²) in [7, 11) is -4.42. The van der Waals surface area contributed by atoms with Gasteiger partial charge in [-0.1, -0.05) is 11.2 Å². The molecule has 0 fully saturated rings. The van der Waals surface area contributed by atoms with E-state index in [9.17, 15) is 23.1 Å². The number of nitro groups is 1. The quantitative estimate of drug-likeness (QED) is 0.508. The number of nitrogens with zero attached hydrogens (tertiary/aromatic N) is 2. The van der Waals surface area contributed by atoms with Crippen LogP contribution in [0.1, 0.15) is 21.6 Å². The monoisotopic (exact) mass is 318 g/mol. The lowest BCUT2D eigenvalue weighted by Gasteiger charge is -2.09. The molecule has 0 amide bonds. The van der Waals surface area contributed by atoms with Crippen LogP contribution in [-0.2, 0) is 16.5 Å². The molecule has 0 saturated heterocycles. The minimum atomic E-state index is -4.42. The average Bonchev–Trinajstić information content (AvgIpc) is 2.93. The molecule has 2 heterocycles. The van der Waals surface area contributed by atoms with Gasteiger partial charge in [0.2, 0.25) is 5.76 Å². The maximum Gasteiger partial charge on any atom is 0.334 e. The maximum atomic E-state index is 11.5. The van der Waals surface area contributed by atoms with E-state index in [1.54, 1.807) is 11.4 Å². The fourth-order valence-corrected chi connectivity index (χ4v) is 3.75. The van der Waals surface area contributed by atoms with Crippen molar-refractivity contribution in [3.05, 3.63) is 44.0 Å². The first kappa shape index (κ1) is 14.6. The van der Waals surface area contributed by atoms with Gasteiger partial charge in [0, 0.05) is 11.3 Å². The summed E-state index contributed by atoms with van der Waals surface area (Å²) >= 11 is 1.13. The van der Waals surface area contributed by atoms with E-state index < -0.39 is 20.3 Å². The van der Waals surface area contributed by atoms with E-state index in [0.29, 0.717) is 4.88 Å². The Morgan fingerprint density at radius 3 is 2.80 bits per heavy atom. The van der Waals surface area contributed by atoms with Gasteiger partial charge in [-0.15, -0.1) is 11.3 Å². The van der Waals surface area contributed by atoms with Crippen LogP contribution in [-0.4, -0.2) is 23.1 Å². The second-order valence-corrected chi connectivity index (χ2v) is 6.60. The van der Waals surface area contributed by atoms with E-state index in [1.807, 2.05) is 0 Å². The van der Waals surface area contributed by atoms with Crippen LogP contribution in [0.25, 0.3) is 0 Å². The molecule has 20 heavy (non-hydrogen) atoms. The maximum absolute atomic E-state index is 11.5. The summed E-state index contributed by atoms with van der Waals surface area (Å²) < 4.78 is 37.0. The van der Waals surface area contributed by atoms with Gasteiger partial charge in [0.25, 0.3) is 10.1 Å². The summed E-state index contributed by atoms with van der Waals surface area (Å²) in [5.74, 6) is -0.177. The highest BCUT2D eigenvalue weighted by atomic mass is 32.2. The summed E-state index contributed by atoms with van der Waals surface area (Å²) in [4.78, 5) is 10.6. The molecule has 0 aliphatic carbocycles. The van der Waals surface area contributed by atoms with E-state index >= 15 is 0 Å². The van der Waals surface area contributed by atoms with Gasteiger partial charge in [-0.3, -0.25) is 14.7 Å². The molecule has 0 saturated carbocycles. The molecule has 10 heteroatoms. The third-order valence-electron chi connectivity index (χ3n) is 2.67. The molecule has 0 spiro atoms. The Balaban J connectivity index is 2.42. The van der Waals surface area contributed by atoms with E-state index in [1.165, 1.54) is 13.0 Å². The largest absolute Gasteiger partial charge is 0.354 e. The first-order chi connectivity index (χ1) is 9.30. The zero-order valence-electron chi connectivity index (χ0n) is 10.2. The van der Waals surface area contributed by atoms with Crippen molar-refractivity contribution in [2.75, 3.05) is 0 Å². The SMILES string of the molecule is Cc1noc(CC(c2cccs2)S(=O)(=O)O)c1[N+](=O)[O-]. The number of hydrogen-bond donors (Lipinski definition) is 1. The predicted octanol–water partition coefficient (Wildman–Crippen LogP) is 2.12. The van der Waals surface area contributed by atoms with Gasteiger partial charge in [0.15, 0.2) is 5.69 Å². The van der Waals surface area contributed by atoms with E-state index in [-0.39, 0.29) is 23.6 Å². The number of thiophene rings is 1. The van der Waals surface area contributed by atoms with Crippen molar-refractivity contribution in [2.24, 2.45) is 0 Å². The lowest BCUT2D eigenvalue weighted by atomic mass is 10.2. The van der Waals surface area contributed by atoms with Crippen molar-refractivity contribution in [1.82, 2.24) is 5.16 Å². The van der Waals surface area contributed by atoms with E-state index in [4.69, 9.17) is 4.52 Å². The lowest BCUT2D eigenvalue weighted by molar-refractivity contribution is -0.386. The second-order valence-electron chi connectivity index (χ2n) is 4.02. The van der Waals surface area contributed by atoms with Gasteiger partial charge in [-0.05, 0) is 18.4 Å². The Bertz CT molecular complexity index is 719. The van der Waals surface area contributed by atoms with Gasteiger partial charge >= 0.3 is 5.69 Å². The normalized spacial score (nSPS) is 13.3. The van der Waals surface area contributed by atoms with Gasteiger partial charge in [0.05, 0.1) is 4.92 Å². The average molecular weight is 318 g/mol. The van der Waals surface area contributed by atoms with Crippen molar-refractivity contribution in [2.45, 2.75) is 18.6 Å². The highest BCUT2D eigenvalue weighted by molar-refractivity contribution is 7.86. The molecule has 2 rings (SSSR count). The minimum absolute atomic E-state index is 0.0604. The van der Waals surface area contributed by atoms with Gasteiger partial charge in [-0.2, -0.15) is 8.42 Å². The molecule has 1 N–H and O–H groups in total. The summed E-state index contributed by atoms with van der Waals surface area (Å²) in [5.41, 5.74) is -0.305. The predicted molar refractivity (Wildman–Crippen MR) is 70.2 cm³/mol. The zero-order chi connectivity index (χ0) is 14.9. The molecular formula is C10H10N2O6S2. The molecule has 2 aromatic rings. The summed E-state index contributed by atoms with van der Waals surface area (Å²) in [6.45, 7) is 1.39. The van der Waals surface area contributed by atoms with Crippen molar-refractivity contribution >= 4 is 27.1 Å².